The van der Waals surface area contributed by atoms with Gasteiger partial charge in [0.2, 0.25) is 5.91 Å². The fraction of sp³-hybridized carbons (Fsp3) is 0.125. The maximum Gasteiger partial charge on any atom is 0.239 e. The van der Waals surface area contributed by atoms with E-state index in [1.54, 1.807) is 6.07 Å². The Morgan fingerprint density at radius 3 is 2.85 bits per heavy atom. The summed E-state index contributed by atoms with van der Waals surface area (Å²) in [4.78, 5) is 10.8. The molecule has 0 heterocycles. The third-order valence-corrected chi connectivity index (χ3v) is 1.93. The highest BCUT2D eigenvalue weighted by molar-refractivity contribution is 6.33. The number of hydrogen-bond acceptors (Lipinski definition) is 2. The Morgan fingerprint density at radius 2 is 2.23 bits per heavy atom. The molecule has 0 unspecified atom stereocenters. The Balaban J connectivity index is 2.89. The Labute approximate surface area is 85.3 Å². The molecule has 70 valence electrons. The number of phenols is 1. The van der Waals surface area contributed by atoms with Crippen molar-refractivity contribution in [3.8, 4) is 5.75 Å². The zero-order chi connectivity index (χ0) is 9.84. The zero-order valence-electron chi connectivity index (χ0n) is 6.55. The fourth-order valence-electron chi connectivity index (χ4n) is 0.800. The van der Waals surface area contributed by atoms with E-state index >= 15 is 0 Å². The lowest BCUT2D eigenvalue weighted by atomic mass is 10.3. The van der Waals surface area contributed by atoms with Gasteiger partial charge >= 0.3 is 0 Å². The van der Waals surface area contributed by atoms with Gasteiger partial charge in [0, 0.05) is 0 Å². The van der Waals surface area contributed by atoms with Gasteiger partial charge in [0.15, 0.2) is 5.75 Å². The normalized spacial score (nSPS) is 9.69. The minimum absolute atomic E-state index is 0.150. The van der Waals surface area contributed by atoms with E-state index in [-0.39, 0.29) is 28.2 Å². The van der Waals surface area contributed by atoms with Crippen molar-refractivity contribution in [3.63, 3.8) is 0 Å². The number of carbonyl (C=O) groups is 1. The molecule has 0 bridgehead atoms. The average molecular weight is 220 g/mol. The summed E-state index contributed by atoms with van der Waals surface area (Å²) in [6.07, 6.45) is 0. The van der Waals surface area contributed by atoms with Crippen LogP contribution in [-0.2, 0) is 4.79 Å². The van der Waals surface area contributed by atoms with Crippen LogP contribution in [0.15, 0.2) is 18.2 Å². The summed E-state index contributed by atoms with van der Waals surface area (Å²) in [5.41, 5.74) is 0.262. The highest BCUT2D eigenvalue weighted by atomic mass is 35.5. The molecular weight excluding hydrogens is 213 g/mol. The van der Waals surface area contributed by atoms with Gasteiger partial charge in [-0.2, -0.15) is 0 Å². The topological polar surface area (TPSA) is 49.3 Å². The molecule has 0 aliphatic rings. The van der Waals surface area contributed by atoms with Gasteiger partial charge in [0.05, 0.1) is 10.7 Å². The van der Waals surface area contributed by atoms with E-state index in [1.165, 1.54) is 12.1 Å². The number of aromatic hydroxyl groups is 1. The van der Waals surface area contributed by atoms with E-state index in [0.29, 0.717) is 0 Å². The number of carbonyl (C=O) groups excluding carboxylic acids is 1. The number of amides is 1. The van der Waals surface area contributed by atoms with Crippen LogP contribution in [0.25, 0.3) is 0 Å². The summed E-state index contributed by atoms with van der Waals surface area (Å²) in [5, 5.41) is 11.9. The molecular formula is C8H7Cl2NO2. The van der Waals surface area contributed by atoms with Crippen molar-refractivity contribution in [2.75, 3.05) is 11.2 Å². The Bertz CT molecular complexity index is 328. The van der Waals surface area contributed by atoms with Gasteiger partial charge in [0.1, 0.15) is 5.88 Å². The van der Waals surface area contributed by atoms with Gasteiger partial charge in [-0.05, 0) is 12.1 Å². The molecule has 1 aromatic carbocycles. The Morgan fingerprint density at radius 1 is 1.54 bits per heavy atom. The third-order valence-electron chi connectivity index (χ3n) is 1.38. The number of benzene rings is 1. The standard InChI is InChI=1S/C8H7Cl2NO2/c9-4-7(12)11-6-3-1-2-5(10)8(6)13/h1-3,13H,4H2,(H,11,12). The van der Waals surface area contributed by atoms with E-state index in [1.807, 2.05) is 0 Å². The number of anilines is 1. The SMILES string of the molecule is O=C(CCl)Nc1cccc(Cl)c1O. The summed E-state index contributed by atoms with van der Waals surface area (Å²) in [6.45, 7) is 0. The molecule has 3 nitrogen and oxygen atoms in total. The van der Waals surface area contributed by atoms with Crippen molar-refractivity contribution in [3.05, 3.63) is 23.2 Å². The first-order chi connectivity index (χ1) is 6.15. The molecule has 0 atom stereocenters. The third kappa shape index (κ3) is 2.50. The van der Waals surface area contributed by atoms with Crippen LogP contribution in [0.1, 0.15) is 0 Å². The van der Waals surface area contributed by atoms with Gasteiger partial charge in [-0.3, -0.25) is 4.79 Å². The van der Waals surface area contributed by atoms with Gasteiger partial charge < -0.3 is 10.4 Å². The number of alkyl halides is 1. The fourth-order valence-corrected chi connectivity index (χ4v) is 1.04. The molecule has 1 amide bonds. The van der Waals surface area contributed by atoms with Crippen LogP contribution in [0.2, 0.25) is 5.02 Å². The molecule has 0 saturated heterocycles. The summed E-state index contributed by atoms with van der Waals surface area (Å²) in [6, 6.07) is 4.67. The second kappa shape index (κ2) is 4.35. The summed E-state index contributed by atoms with van der Waals surface area (Å²) >= 11 is 10.9. The molecule has 13 heavy (non-hydrogen) atoms. The van der Waals surface area contributed by atoms with Crippen LogP contribution in [0.4, 0.5) is 5.69 Å². The summed E-state index contributed by atoms with van der Waals surface area (Å²) < 4.78 is 0. The molecule has 2 N–H and O–H groups in total. The molecule has 0 aliphatic carbocycles. The second-order valence-electron chi connectivity index (χ2n) is 2.32. The van der Waals surface area contributed by atoms with Crippen molar-refractivity contribution in [2.24, 2.45) is 0 Å². The molecule has 0 saturated carbocycles. The largest absolute Gasteiger partial charge is 0.504 e. The van der Waals surface area contributed by atoms with Gasteiger partial charge in [-0.1, -0.05) is 17.7 Å². The van der Waals surface area contributed by atoms with Crippen molar-refractivity contribution >= 4 is 34.8 Å². The Hall–Kier alpha value is -0.930. The second-order valence-corrected chi connectivity index (χ2v) is 2.99. The van der Waals surface area contributed by atoms with Crippen LogP contribution in [-0.4, -0.2) is 16.9 Å². The van der Waals surface area contributed by atoms with E-state index < -0.39 is 0 Å². The molecule has 0 spiro atoms. The number of rotatable bonds is 2. The number of halogens is 2. The zero-order valence-corrected chi connectivity index (χ0v) is 8.06. The van der Waals surface area contributed by atoms with Gasteiger partial charge in [-0.15, -0.1) is 11.6 Å². The van der Waals surface area contributed by atoms with E-state index in [9.17, 15) is 9.90 Å². The van der Waals surface area contributed by atoms with Crippen LogP contribution >= 0.6 is 23.2 Å². The van der Waals surface area contributed by atoms with Crippen molar-refractivity contribution in [1.29, 1.82) is 0 Å². The van der Waals surface area contributed by atoms with E-state index in [2.05, 4.69) is 5.32 Å². The van der Waals surface area contributed by atoms with Gasteiger partial charge in [-0.25, -0.2) is 0 Å². The lowest BCUT2D eigenvalue weighted by Crippen LogP contribution is -2.12. The first-order valence-corrected chi connectivity index (χ1v) is 4.39. The maximum absolute atomic E-state index is 10.8. The average Bonchev–Trinajstić information content (AvgIpc) is 2.13. The lowest BCUT2D eigenvalue weighted by Gasteiger charge is -2.05. The minimum Gasteiger partial charge on any atom is -0.504 e. The van der Waals surface area contributed by atoms with Crippen molar-refractivity contribution in [1.82, 2.24) is 0 Å². The smallest absolute Gasteiger partial charge is 0.239 e. The van der Waals surface area contributed by atoms with Crippen LogP contribution in [0.5, 0.6) is 5.75 Å². The number of para-hydroxylation sites is 1. The predicted molar refractivity (Wildman–Crippen MR) is 52.5 cm³/mol. The van der Waals surface area contributed by atoms with E-state index in [4.69, 9.17) is 23.2 Å². The molecule has 0 aliphatic heterocycles. The monoisotopic (exact) mass is 219 g/mol. The predicted octanol–water partition coefficient (Wildman–Crippen LogP) is 2.22. The maximum atomic E-state index is 10.8. The first kappa shape index (κ1) is 10.2. The molecule has 5 heteroatoms. The highest BCUT2D eigenvalue weighted by Gasteiger charge is 2.07. The van der Waals surface area contributed by atoms with E-state index in [0.717, 1.165) is 0 Å². The number of nitrogens with one attached hydrogen (secondary N) is 1. The first-order valence-electron chi connectivity index (χ1n) is 3.48. The van der Waals surface area contributed by atoms with Crippen LogP contribution < -0.4 is 5.32 Å². The molecule has 0 radical (unpaired) electrons. The molecule has 0 aromatic heterocycles. The minimum atomic E-state index is -0.390. The quantitative estimate of drug-likeness (QED) is 0.593. The van der Waals surface area contributed by atoms with Crippen LogP contribution in [0, 0.1) is 0 Å². The van der Waals surface area contributed by atoms with Crippen molar-refractivity contribution < 1.29 is 9.90 Å². The number of phenolic OH excluding ortho intramolecular Hbond substituents is 1. The lowest BCUT2D eigenvalue weighted by molar-refractivity contribution is -0.113. The summed E-state index contributed by atoms with van der Waals surface area (Å²) in [5.74, 6) is -0.701. The van der Waals surface area contributed by atoms with Crippen molar-refractivity contribution in [2.45, 2.75) is 0 Å². The van der Waals surface area contributed by atoms with Crippen LogP contribution in [0.3, 0.4) is 0 Å². The summed E-state index contributed by atoms with van der Waals surface area (Å²) in [7, 11) is 0. The molecule has 1 rings (SSSR count). The Kier molecular flexibility index (Phi) is 3.39. The molecule has 0 fully saturated rings. The molecule has 1 aromatic rings. The highest BCUT2D eigenvalue weighted by Crippen LogP contribution is 2.30. The number of hydrogen-bond donors (Lipinski definition) is 2. The van der Waals surface area contributed by atoms with Gasteiger partial charge in [0.25, 0.3) is 0 Å².